The van der Waals surface area contributed by atoms with Gasteiger partial charge in [0.1, 0.15) is 5.82 Å². The maximum Gasteiger partial charge on any atom is 0.111 e. The van der Waals surface area contributed by atoms with E-state index in [4.69, 9.17) is 22.3 Å². The summed E-state index contributed by atoms with van der Waals surface area (Å²) in [5, 5.41) is 0.748. The van der Waals surface area contributed by atoms with Crippen LogP contribution in [0, 0.1) is 5.41 Å². The number of fused-ring (bicyclic) bond motifs is 1. The van der Waals surface area contributed by atoms with Crippen LogP contribution in [0.4, 0.5) is 0 Å². The Morgan fingerprint density at radius 2 is 2.05 bits per heavy atom. The van der Waals surface area contributed by atoms with Crippen LogP contribution in [0.25, 0.3) is 11.0 Å². The van der Waals surface area contributed by atoms with Crippen LogP contribution in [0.15, 0.2) is 18.2 Å². The van der Waals surface area contributed by atoms with E-state index in [1.165, 1.54) is 0 Å². The van der Waals surface area contributed by atoms with Gasteiger partial charge in [-0.05, 0) is 37.0 Å². The fourth-order valence-electron chi connectivity index (χ4n) is 2.75. The molecule has 2 rings (SSSR count). The molecule has 0 bridgehead atoms. The Balaban J connectivity index is 2.30. The fourth-order valence-corrected chi connectivity index (χ4v) is 2.91. The molecule has 0 aliphatic carbocycles. The van der Waals surface area contributed by atoms with Crippen LogP contribution in [0.5, 0.6) is 0 Å². The van der Waals surface area contributed by atoms with Gasteiger partial charge in [0.25, 0.3) is 0 Å². The van der Waals surface area contributed by atoms with Crippen LogP contribution in [0.3, 0.4) is 0 Å². The number of hydrogen-bond donors (Lipinski definition) is 1. The standard InChI is InChI=1S/C16H24ClN3/c1-5-20-14-8-11(17)6-7-13(14)19-15(20)9-12(18)10-16(2,3)4/h6-8,12H,5,9-10,18H2,1-4H3. The molecular formula is C16H24ClN3. The minimum absolute atomic E-state index is 0.132. The van der Waals surface area contributed by atoms with Crippen molar-refractivity contribution in [2.75, 3.05) is 0 Å². The lowest BCUT2D eigenvalue weighted by atomic mass is 9.87. The van der Waals surface area contributed by atoms with Gasteiger partial charge in [0.15, 0.2) is 0 Å². The van der Waals surface area contributed by atoms with Crippen molar-refractivity contribution >= 4 is 22.6 Å². The first-order valence-electron chi connectivity index (χ1n) is 7.20. The van der Waals surface area contributed by atoms with Crippen molar-refractivity contribution in [1.29, 1.82) is 0 Å². The maximum atomic E-state index is 6.29. The minimum Gasteiger partial charge on any atom is -0.328 e. The summed E-state index contributed by atoms with van der Waals surface area (Å²) in [6.07, 6.45) is 1.79. The Labute approximate surface area is 126 Å². The molecule has 1 unspecified atom stereocenters. The van der Waals surface area contributed by atoms with Gasteiger partial charge >= 0.3 is 0 Å². The molecule has 0 spiro atoms. The summed E-state index contributed by atoms with van der Waals surface area (Å²) < 4.78 is 2.21. The number of aromatic nitrogens is 2. The Bertz CT molecular complexity index is 596. The van der Waals surface area contributed by atoms with E-state index in [0.29, 0.717) is 0 Å². The molecule has 2 aromatic rings. The van der Waals surface area contributed by atoms with E-state index < -0.39 is 0 Å². The van der Waals surface area contributed by atoms with Gasteiger partial charge in [-0.25, -0.2) is 4.98 Å². The van der Waals surface area contributed by atoms with E-state index in [1.54, 1.807) is 0 Å². The highest BCUT2D eigenvalue weighted by atomic mass is 35.5. The van der Waals surface area contributed by atoms with E-state index in [0.717, 1.165) is 41.3 Å². The average Bonchev–Trinajstić information content (AvgIpc) is 2.62. The fraction of sp³-hybridized carbons (Fsp3) is 0.562. The lowest BCUT2D eigenvalue weighted by Crippen LogP contribution is -2.29. The number of aryl methyl sites for hydroxylation is 1. The second-order valence-corrected chi connectivity index (χ2v) is 7.07. The van der Waals surface area contributed by atoms with E-state index in [9.17, 15) is 0 Å². The summed E-state index contributed by atoms with van der Waals surface area (Å²) in [7, 11) is 0. The Morgan fingerprint density at radius 1 is 1.35 bits per heavy atom. The molecule has 0 saturated heterocycles. The Morgan fingerprint density at radius 3 is 2.65 bits per heavy atom. The first kappa shape index (κ1) is 15.3. The molecular weight excluding hydrogens is 270 g/mol. The van der Waals surface area contributed by atoms with E-state index >= 15 is 0 Å². The number of rotatable bonds is 4. The Hall–Kier alpha value is -1.06. The normalized spacial score (nSPS) is 13.9. The lowest BCUT2D eigenvalue weighted by molar-refractivity contribution is 0.335. The third-order valence-electron chi connectivity index (χ3n) is 3.42. The van der Waals surface area contributed by atoms with E-state index in [2.05, 4.69) is 32.3 Å². The number of nitrogens with zero attached hydrogens (tertiary/aromatic N) is 2. The summed E-state index contributed by atoms with van der Waals surface area (Å²) in [4.78, 5) is 4.72. The molecule has 0 amide bonds. The largest absolute Gasteiger partial charge is 0.328 e. The molecule has 1 aromatic carbocycles. The predicted molar refractivity (Wildman–Crippen MR) is 86.2 cm³/mol. The molecule has 0 fully saturated rings. The van der Waals surface area contributed by atoms with Crippen molar-refractivity contribution in [3.63, 3.8) is 0 Å². The second-order valence-electron chi connectivity index (χ2n) is 6.63. The van der Waals surface area contributed by atoms with Crippen LogP contribution in [-0.4, -0.2) is 15.6 Å². The highest BCUT2D eigenvalue weighted by Gasteiger charge is 2.19. The molecule has 2 N–H and O–H groups in total. The van der Waals surface area contributed by atoms with Gasteiger partial charge in [0, 0.05) is 24.0 Å². The van der Waals surface area contributed by atoms with Crippen LogP contribution in [0.2, 0.25) is 5.02 Å². The first-order valence-corrected chi connectivity index (χ1v) is 7.58. The zero-order valence-corrected chi connectivity index (χ0v) is 13.5. The zero-order valence-electron chi connectivity index (χ0n) is 12.8. The van der Waals surface area contributed by atoms with Gasteiger partial charge < -0.3 is 10.3 Å². The molecule has 0 aliphatic rings. The van der Waals surface area contributed by atoms with Gasteiger partial charge in [-0.1, -0.05) is 32.4 Å². The third kappa shape index (κ3) is 3.53. The van der Waals surface area contributed by atoms with Gasteiger partial charge in [0.2, 0.25) is 0 Å². The van der Waals surface area contributed by atoms with Gasteiger partial charge in [-0.3, -0.25) is 0 Å². The second kappa shape index (κ2) is 5.74. The van der Waals surface area contributed by atoms with Gasteiger partial charge in [0.05, 0.1) is 11.0 Å². The summed E-state index contributed by atoms with van der Waals surface area (Å²) in [6, 6.07) is 5.97. The average molecular weight is 294 g/mol. The Kier molecular flexibility index (Phi) is 4.40. The van der Waals surface area contributed by atoms with Crippen molar-refractivity contribution in [1.82, 2.24) is 9.55 Å². The van der Waals surface area contributed by atoms with Crippen LogP contribution in [0.1, 0.15) is 39.9 Å². The van der Waals surface area contributed by atoms with Crippen LogP contribution >= 0.6 is 11.6 Å². The monoisotopic (exact) mass is 293 g/mol. The van der Waals surface area contributed by atoms with Crippen molar-refractivity contribution in [3.8, 4) is 0 Å². The molecule has 20 heavy (non-hydrogen) atoms. The molecule has 1 heterocycles. The SMILES string of the molecule is CCn1c(CC(N)CC(C)(C)C)nc2ccc(Cl)cc21. The first-order chi connectivity index (χ1) is 9.30. The predicted octanol–water partition coefficient (Wildman–Crippen LogP) is 4.02. The van der Waals surface area contributed by atoms with Crippen molar-refractivity contribution in [2.45, 2.75) is 53.1 Å². The molecule has 110 valence electrons. The van der Waals surface area contributed by atoms with Gasteiger partial charge in [-0.2, -0.15) is 0 Å². The van der Waals surface area contributed by atoms with Crippen molar-refractivity contribution in [2.24, 2.45) is 11.1 Å². The highest BCUT2D eigenvalue weighted by Crippen LogP contribution is 2.24. The number of imidazole rings is 1. The van der Waals surface area contributed by atoms with Crippen LogP contribution < -0.4 is 5.73 Å². The van der Waals surface area contributed by atoms with E-state index in [1.807, 2.05) is 18.2 Å². The van der Waals surface area contributed by atoms with Gasteiger partial charge in [-0.15, -0.1) is 0 Å². The quantitative estimate of drug-likeness (QED) is 0.925. The summed E-state index contributed by atoms with van der Waals surface area (Å²) in [5.74, 6) is 1.06. The number of nitrogens with two attached hydrogens (primary N) is 1. The summed E-state index contributed by atoms with van der Waals surface area (Å²) in [6.45, 7) is 9.66. The van der Waals surface area contributed by atoms with Crippen molar-refractivity contribution in [3.05, 3.63) is 29.0 Å². The zero-order chi connectivity index (χ0) is 14.9. The molecule has 0 radical (unpaired) electrons. The van der Waals surface area contributed by atoms with E-state index in [-0.39, 0.29) is 11.5 Å². The van der Waals surface area contributed by atoms with Crippen molar-refractivity contribution < 1.29 is 0 Å². The molecule has 4 heteroatoms. The lowest BCUT2D eigenvalue weighted by Gasteiger charge is -2.23. The molecule has 1 atom stereocenters. The molecule has 3 nitrogen and oxygen atoms in total. The molecule has 0 aliphatic heterocycles. The molecule has 1 aromatic heterocycles. The molecule has 0 saturated carbocycles. The maximum absolute atomic E-state index is 6.29. The summed E-state index contributed by atoms with van der Waals surface area (Å²) >= 11 is 6.08. The van der Waals surface area contributed by atoms with Crippen LogP contribution in [-0.2, 0) is 13.0 Å². The topological polar surface area (TPSA) is 43.8 Å². The third-order valence-corrected chi connectivity index (χ3v) is 3.66. The highest BCUT2D eigenvalue weighted by molar-refractivity contribution is 6.31. The number of halogens is 1. The number of benzene rings is 1. The summed E-state index contributed by atoms with van der Waals surface area (Å²) in [5.41, 5.74) is 8.62. The number of hydrogen-bond acceptors (Lipinski definition) is 2. The smallest absolute Gasteiger partial charge is 0.111 e. The minimum atomic E-state index is 0.132.